The molecule has 3 N–H and O–H groups in total. The van der Waals surface area contributed by atoms with E-state index >= 15 is 0 Å². The number of para-hydroxylation sites is 1. The SMILES string of the molecule is O=C(N[C@H]1CC[C@@H](Nc2cccc3nc(C(F)F)cn23)CC1)c1cccc2c[nH]nc12. The quantitative estimate of drug-likeness (QED) is 0.446. The number of anilines is 1. The Morgan fingerprint density at radius 3 is 2.68 bits per heavy atom. The number of hydrogen-bond acceptors (Lipinski definition) is 4. The number of pyridine rings is 1. The molecule has 1 aliphatic rings. The normalized spacial score (nSPS) is 19.2. The summed E-state index contributed by atoms with van der Waals surface area (Å²) in [6, 6.07) is 11.2. The number of amides is 1. The standard InChI is InChI=1S/C22H22F2N6O/c23-21(24)17-12-30-18(5-2-6-19(30)28-17)26-14-7-9-15(10-8-14)27-22(31)16-4-1-3-13-11-25-29-20(13)16/h1-6,11-12,14-15,21,26H,7-10H2,(H,25,29)(H,27,31)/t14-,15+. The van der Waals surface area contributed by atoms with Gasteiger partial charge in [-0.05, 0) is 43.9 Å². The molecule has 1 aliphatic carbocycles. The van der Waals surface area contributed by atoms with E-state index in [-0.39, 0.29) is 23.7 Å². The number of benzene rings is 1. The van der Waals surface area contributed by atoms with Crippen molar-refractivity contribution in [1.29, 1.82) is 0 Å². The van der Waals surface area contributed by atoms with Gasteiger partial charge in [0, 0.05) is 29.9 Å². The van der Waals surface area contributed by atoms with Gasteiger partial charge in [0.1, 0.15) is 22.7 Å². The zero-order valence-corrected chi connectivity index (χ0v) is 16.7. The Kier molecular flexibility index (Phi) is 5.01. The first kappa shape index (κ1) is 19.5. The van der Waals surface area contributed by atoms with Gasteiger partial charge in [-0.15, -0.1) is 0 Å². The molecule has 3 heterocycles. The number of hydrogen-bond donors (Lipinski definition) is 3. The Balaban J connectivity index is 1.22. The highest BCUT2D eigenvalue weighted by Crippen LogP contribution is 2.25. The molecular weight excluding hydrogens is 402 g/mol. The van der Waals surface area contributed by atoms with Gasteiger partial charge in [-0.25, -0.2) is 13.8 Å². The molecule has 1 aromatic carbocycles. The zero-order valence-electron chi connectivity index (χ0n) is 16.7. The Morgan fingerprint density at radius 2 is 1.87 bits per heavy atom. The number of imidazole rings is 1. The summed E-state index contributed by atoms with van der Waals surface area (Å²) >= 11 is 0. The van der Waals surface area contributed by atoms with Crippen molar-refractivity contribution in [3.05, 3.63) is 60.0 Å². The number of nitrogens with zero attached hydrogens (tertiary/aromatic N) is 3. The molecule has 0 saturated heterocycles. The largest absolute Gasteiger partial charge is 0.368 e. The highest BCUT2D eigenvalue weighted by molar-refractivity contribution is 6.05. The highest BCUT2D eigenvalue weighted by Gasteiger charge is 2.24. The molecule has 1 saturated carbocycles. The number of nitrogens with one attached hydrogen (secondary N) is 3. The Morgan fingerprint density at radius 1 is 1.10 bits per heavy atom. The minimum absolute atomic E-state index is 0.0919. The first-order chi connectivity index (χ1) is 15.1. The number of alkyl halides is 2. The molecule has 0 radical (unpaired) electrons. The fraction of sp³-hybridized carbons (Fsp3) is 0.318. The number of carbonyl (C=O) groups is 1. The maximum absolute atomic E-state index is 13.0. The second-order valence-electron chi connectivity index (χ2n) is 7.90. The minimum Gasteiger partial charge on any atom is -0.368 e. The number of carbonyl (C=O) groups excluding carboxylic acids is 1. The summed E-state index contributed by atoms with van der Waals surface area (Å²) in [6.45, 7) is 0. The van der Waals surface area contributed by atoms with Gasteiger partial charge in [0.25, 0.3) is 12.3 Å². The van der Waals surface area contributed by atoms with Crippen LogP contribution in [0.2, 0.25) is 0 Å². The highest BCUT2D eigenvalue weighted by atomic mass is 19.3. The first-order valence-electron chi connectivity index (χ1n) is 10.3. The van der Waals surface area contributed by atoms with Gasteiger partial charge in [0.2, 0.25) is 0 Å². The van der Waals surface area contributed by atoms with Crippen molar-refractivity contribution in [2.45, 2.75) is 44.2 Å². The van der Waals surface area contributed by atoms with Crippen LogP contribution in [0.15, 0.2) is 48.8 Å². The third-order valence-corrected chi connectivity index (χ3v) is 5.86. The summed E-state index contributed by atoms with van der Waals surface area (Å²) in [5, 5.41) is 14.5. The molecule has 1 amide bonds. The summed E-state index contributed by atoms with van der Waals surface area (Å²) < 4.78 is 27.7. The molecular formula is C22H22F2N6O. The predicted octanol–water partition coefficient (Wildman–Crippen LogP) is 4.30. The molecule has 9 heteroatoms. The molecule has 7 nitrogen and oxygen atoms in total. The maximum Gasteiger partial charge on any atom is 0.281 e. The smallest absolute Gasteiger partial charge is 0.281 e. The zero-order chi connectivity index (χ0) is 21.4. The fourth-order valence-electron chi connectivity index (χ4n) is 4.26. The lowest BCUT2D eigenvalue weighted by Crippen LogP contribution is -2.40. The molecule has 0 aliphatic heterocycles. The first-order valence-corrected chi connectivity index (χ1v) is 10.3. The Labute approximate surface area is 176 Å². The van der Waals surface area contributed by atoms with E-state index in [0.29, 0.717) is 16.7 Å². The number of fused-ring (bicyclic) bond motifs is 2. The third-order valence-electron chi connectivity index (χ3n) is 5.86. The van der Waals surface area contributed by atoms with Crippen molar-refractivity contribution in [3.8, 4) is 0 Å². The van der Waals surface area contributed by atoms with Crippen molar-refractivity contribution in [2.24, 2.45) is 0 Å². The van der Waals surface area contributed by atoms with Crippen LogP contribution in [0.3, 0.4) is 0 Å². The molecule has 1 fully saturated rings. The number of aromatic amines is 1. The molecule has 4 aromatic rings. The second-order valence-corrected chi connectivity index (χ2v) is 7.90. The molecule has 0 unspecified atom stereocenters. The lowest BCUT2D eigenvalue weighted by Gasteiger charge is -2.30. The molecule has 3 aromatic heterocycles. The van der Waals surface area contributed by atoms with Crippen LogP contribution in [0.4, 0.5) is 14.6 Å². The summed E-state index contributed by atoms with van der Waals surface area (Å²) in [7, 11) is 0. The summed E-state index contributed by atoms with van der Waals surface area (Å²) in [5.41, 5.74) is 1.51. The predicted molar refractivity (Wildman–Crippen MR) is 113 cm³/mol. The van der Waals surface area contributed by atoms with Gasteiger partial charge in [0.05, 0.1) is 5.56 Å². The topological polar surface area (TPSA) is 87.1 Å². The summed E-state index contributed by atoms with van der Waals surface area (Å²) in [6.07, 6.45) is 3.95. The van der Waals surface area contributed by atoms with Crippen LogP contribution in [-0.4, -0.2) is 37.6 Å². The molecule has 0 bridgehead atoms. The van der Waals surface area contributed by atoms with E-state index in [1.54, 1.807) is 28.8 Å². The van der Waals surface area contributed by atoms with Crippen LogP contribution in [0.5, 0.6) is 0 Å². The van der Waals surface area contributed by atoms with Crippen LogP contribution < -0.4 is 10.6 Å². The number of rotatable bonds is 5. The fourth-order valence-corrected chi connectivity index (χ4v) is 4.26. The van der Waals surface area contributed by atoms with Gasteiger partial charge in [-0.1, -0.05) is 18.2 Å². The monoisotopic (exact) mass is 424 g/mol. The van der Waals surface area contributed by atoms with E-state index in [1.807, 2.05) is 18.2 Å². The van der Waals surface area contributed by atoms with Gasteiger partial charge in [-0.3, -0.25) is 14.3 Å². The lowest BCUT2D eigenvalue weighted by atomic mass is 9.91. The molecule has 0 spiro atoms. The van der Waals surface area contributed by atoms with E-state index in [2.05, 4.69) is 25.8 Å². The minimum atomic E-state index is -2.60. The molecule has 31 heavy (non-hydrogen) atoms. The van der Waals surface area contributed by atoms with Gasteiger partial charge in [0.15, 0.2) is 0 Å². The molecule has 160 valence electrons. The van der Waals surface area contributed by atoms with Gasteiger partial charge in [-0.2, -0.15) is 5.10 Å². The number of H-pyrrole nitrogens is 1. The van der Waals surface area contributed by atoms with E-state index < -0.39 is 6.43 Å². The number of aromatic nitrogens is 4. The van der Waals surface area contributed by atoms with Gasteiger partial charge >= 0.3 is 0 Å². The van der Waals surface area contributed by atoms with Crippen LogP contribution in [-0.2, 0) is 0 Å². The second kappa shape index (κ2) is 7.98. The summed E-state index contributed by atoms with van der Waals surface area (Å²) in [5.74, 6) is 0.631. The van der Waals surface area contributed by atoms with Crippen molar-refractivity contribution in [3.63, 3.8) is 0 Å². The van der Waals surface area contributed by atoms with Crippen LogP contribution in [0.1, 0.15) is 48.2 Å². The average molecular weight is 424 g/mol. The third kappa shape index (κ3) is 3.83. The van der Waals surface area contributed by atoms with Crippen molar-refractivity contribution in [1.82, 2.24) is 24.9 Å². The van der Waals surface area contributed by atoms with Gasteiger partial charge < -0.3 is 10.6 Å². The van der Waals surface area contributed by atoms with E-state index in [4.69, 9.17) is 0 Å². The van der Waals surface area contributed by atoms with Crippen LogP contribution in [0, 0.1) is 0 Å². The maximum atomic E-state index is 13.0. The average Bonchev–Trinajstić information content (AvgIpc) is 3.42. The summed E-state index contributed by atoms with van der Waals surface area (Å²) in [4.78, 5) is 16.7. The van der Waals surface area contributed by atoms with Crippen molar-refractivity contribution < 1.29 is 13.6 Å². The molecule has 5 rings (SSSR count). The number of halogens is 2. The van der Waals surface area contributed by atoms with Crippen LogP contribution in [0.25, 0.3) is 16.6 Å². The molecule has 0 atom stereocenters. The van der Waals surface area contributed by atoms with E-state index in [0.717, 1.165) is 36.9 Å². The van der Waals surface area contributed by atoms with Crippen molar-refractivity contribution >= 4 is 28.3 Å². The van der Waals surface area contributed by atoms with E-state index in [1.165, 1.54) is 6.20 Å². The van der Waals surface area contributed by atoms with E-state index in [9.17, 15) is 13.6 Å². The van der Waals surface area contributed by atoms with Crippen molar-refractivity contribution in [2.75, 3.05) is 5.32 Å². The lowest BCUT2D eigenvalue weighted by molar-refractivity contribution is 0.0928. The Hall–Kier alpha value is -3.49. The van der Waals surface area contributed by atoms with Crippen LogP contribution >= 0.6 is 0 Å². The Bertz CT molecular complexity index is 1230.